The highest BCUT2D eigenvalue weighted by Crippen LogP contribution is 2.29. The molecule has 7 nitrogen and oxygen atoms in total. The Labute approximate surface area is 144 Å². The monoisotopic (exact) mass is 352 g/mol. The Morgan fingerprint density at radius 3 is 2.56 bits per heavy atom. The normalized spacial score (nSPS) is 24.3. The summed E-state index contributed by atoms with van der Waals surface area (Å²) in [6, 6.07) is 3.83. The molecule has 1 amide bonds. The Kier molecular flexibility index (Phi) is 4.91. The van der Waals surface area contributed by atoms with Crippen molar-refractivity contribution in [2.24, 2.45) is 0 Å². The molecule has 1 atom stereocenters. The molecule has 2 aliphatic heterocycles. The van der Waals surface area contributed by atoms with E-state index in [1.807, 2.05) is 4.90 Å². The molecule has 2 heterocycles. The standard InChI is InChI=1S/C17H21FN2O5/c1-24-14-3-2-12(18)10-13(14)15(21)19-5-7-20(8-6-19)17(16(22)23)4-9-25-11-17/h2-3,10H,4-9,11H2,1H3,(H,22,23). The predicted molar refractivity (Wildman–Crippen MR) is 86.2 cm³/mol. The molecule has 1 N–H and O–H groups in total. The zero-order valence-electron chi connectivity index (χ0n) is 14.0. The van der Waals surface area contributed by atoms with Crippen molar-refractivity contribution >= 4 is 11.9 Å². The summed E-state index contributed by atoms with van der Waals surface area (Å²) in [7, 11) is 1.43. The third-order valence-electron chi connectivity index (χ3n) is 4.96. The number of aliphatic carboxylic acids is 1. The number of piperazine rings is 1. The number of methoxy groups -OCH3 is 1. The van der Waals surface area contributed by atoms with Crippen LogP contribution in [0, 0.1) is 5.82 Å². The predicted octanol–water partition coefficient (Wildman–Crippen LogP) is 0.836. The van der Waals surface area contributed by atoms with E-state index in [1.165, 1.54) is 19.2 Å². The third kappa shape index (κ3) is 3.19. The van der Waals surface area contributed by atoms with Gasteiger partial charge in [-0.25, -0.2) is 4.39 Å². The van der Waals surface area contributed by atoms with E-state index in [0.29, 0.717) is 45.0 Å². The second-order valence-electron chi connectivity index (χ2n) is 6.26. The van der Waals surface area contributed by atoms with Gasteiger partial charge in [-0.05, 0) is 18.2 Å². The smallest absolute Gasteiger partial charge is 0.326 e. The number of nitrogens with zero attached hydrogens (tertiary/aromatic N) is 2. The van der Waals surface area contributed by atoms with Gasteiger partial charge >= 0.3 is 5.97 Å². The Bertz CT molecular complexity index is 667. The fourth-order valence-corrected chi connectivity index (χ4v) is 3.46. The minimum absolute atomic E-state index is 0.161. The van der Waals surface area contributed by atoms with Crippen LogP contribution in [-0.2, 0) is 9.53 Å². The van der Waals surface area contributed by atoms with Crippen LogP contribution in [0.1, 0.15) is 16.8 Å². The summed E-state index contributed by atoms with van der Waals surface area (Å²) >= 11 is 0. The molecule has 2 saturated heterocycles. The van der Waals surface area contributed by atoms with Crippen LogP contribution in [-0.4, -0.2) is 78.8 Å². The first kappa shape index (κ1) is 17.6. The lowest BCUT2D eigenvalue weighted by Crippen LogP contribution is -2.61. The summed E-state index contributed by atoms with van der Waals surface area (Å²) in [6.45, 7) is 2.18. The van der Waals surface area contributed by atoms with Crippen LogP contribution in [0.4, 0.5) is 4.39 Å². The number of carbonyl (C=O) groups excluding carboxylic acids is 1. The molecule has 0 bridgehead atoms. The number of rotatable bonds is 4. The lowest BCUT2D eigenvalue weighted by Gasteiger charge is -2.42. The summed E-state index contributed by atoms with van der Waals surface area (Å²) in [5.74, 6) is -1.39. The molecule has 0 aromatic heterocycles. The van der Waals surface area contributed by atoms with Gasteiger partial charge in [-0.2, -0.15) is 0 Å². The third-order valence-corrected chi connectivity index (χ3v) is 4.96. The highest BCUT2D eigenvalue weighted by molar-refractivity contribution is 5.97. The maximum absolute atomic E-state index is 13.5. The van der Waals surface area contributed by atoms with E-state index >= 15 is 0 Å². The minimum Gasteiger partial charge on any atom is -0.496 e. The Balaban J connectivity index is 1.71. The maximum Gasteiger partial charge on any atom is 0.326 e. The molecule has 1 unspecified atom stereocenters. The molecule has 1 aromatic carbocycles. The van der Waals surface area contributed by atoms with Crippen molar-refractivity contribution in [3.05, 3.63) is 29.6 Å². The van der Waals surface area contributed by atoms with E-state index in [-0.39, 0.29) is 18.1 Å². The molecule has 136 valence electrons. The van der Waals surface area contributed by atoms with Crippen molar-refractivity contribution in [2.45, 2.75) is 12.0 Å². The average Bonchev–Trinajstić information content (AvgIpc) is 3.12. The number of benzene rings is 1. The van der Waals surface area contributed by atoms with E-state index in [0.717, 1.165) is 6.07 Å². The molecular formula is C17H21FN2O5. The van der Waals surface area contributed by atoms with Crippen LogP contribution in [0.2, 0.25) is 0 Å². The second-order valence-corrected chi connectivity index (χ2v) is 6.26. The number of halogens is 1. The van der Waals surface area contributed by atoms with Crippen molar-refractivity contribution in [1.29, 1.82) is 0 Å². The van der Waals surface area contributed by atoms with E-state index in [2.05, 4.69) is 0 Å². The Morgan fingerprint density at radius 1 is 1.28 bits per heavy atom. The number of hydrogen-bond donors (Lipinski definition) is 1. The summed E-state index contributed by atoms with van der Waals surface area (Å²) in [4.78, 5) is 27.9. The van der Waals surface area contributed by atoms with Crippen molar-refractivity contribution in [2.75, 3.05) is 46.5 Å². The van der Waals surface area contributed by atoms with Crippen molar-refractivity contribution in [3.63, 3.8) is 0 Å². The molecule has 25 heavy (non-hydrogen) atoms. The summed E-state index contributed by atoms with van der Waals surface area (Å²) in [5, 5.41) is 9.61. The molecule has 0 saturated carbocycles. The Morgan fingerprint density at radius 2 is 2.00 bits per heavy atom. The first-order chi connectivity index (χ1) is 12.0. The first-order valence-electron chi connectivity index (χ1n) is 8.17. The lowest BCUT2D eigenvalue weighted by atomic mass is 9.95. The van der Waals surface area contributed by atoms with Gasteiger partial charge in [-0.3, -0.25) is 14.5 Å². The number of ether oxygens (including phenoxy) is 2. The van der Waals surface area contributed by atoms with E-state index in [1.54, 1.807) is 4.90 Å². The lowest BCUT2D eigenvalue weighted by molar-refractivity contribution is -0.152. The van der Waals surface area contributed by atoms with Crippen LogP contribution in [0.5, 0.6) is 5.75 Å². The summed E-state index contributed by atoms with van der Waals surface area (Å²) in [5.41, 5.74) is -0.834. The van der Waals surface area contributed by atoms with Gasteiger partial charge in [-0.1, -0.05) is 0 Å². The van der Waals surface area contributed by atoms with Crippen molar-refractivity contribution < 1.29 is 28.6 Å². The molecule has 2 fully saturated rings. The molecule has 2 aliphatic rings. The van der Waals surface area contributed by atoms with E-state index in [9.17, 15) is 19.1 Å². The van der Waals surface area contributed by atoms with E-state index in [4.69, 9.17) is 9.47 Å². The number of carbonyl (C=O) groups is 2. The maximum atomic E-state index is 13.5. The van der Waals surface area contributed by atoms with Gasteiger partial charge in [0.15, 0.2) is 0 Å². The van der Waals surface area contributed by atoms with Gasteiger partial charge in [0.25, 0.3) is 5.91 Å². The van der Waals surface area contributed by atoms with Gasteiger partial charge < -0.3 is 19.5 Å². The summed E-state index contributed by atoms with van der Waals surface area (Å²) in [6.07, 6.45) is 0.438. The fraction of sp³-hybridized carbons (Fsp3) is 0.529. The van der Waals surface area contributed by atoms with E-state index < -0.39 is 17.3 Å². The topological polar surface area (TPSA) is 79.3 Å². The number of carboxylic acid groups (broad SMARTS) is 1. The highest BCUT2D eigenvalue weighted by Gasteiger charge is 2.48. The van der Waals surface area contributed by atoms with Gasteiger partial charge in [0.05, 0.1) is 19.3 Å². The van der Waals surface area contributed by atoms with Crippen LogP contribution in [0.3, 0.4) is 0 Å². The highest BCUT2D eigenvalue weighted by atomic mass is 19.1. The molecule has 8 heteroatoms. The SMILES string of the molecule is COc1ccc(F)cc1C(=O)N1CCN(C2(C(=O)O)CCOC2)CC1. The fourth-order valence-electron chi connectivity index (χ4n) is 3.46. The zero-order valence-corrected chi connectivity index (χ0v) is 14.0. The molecular weight excluding hydrogens is 331 g/mol. The number of carboxylic acids is 1. The molecule has 0 aliphatic carbocycles. The van der Waals surface area contributed by atoms with Gasteiger partial charge in [0, 0.05) is 39.2 Å². The first-order valence-corrected chi connectivity index (χ1v) is 8.17. The molecule has 3 rings (SSSR count). The molecule has 0 radical (unpaired) electrons. The largest absolute Gasteiger partial charge is 0.496 e. The zero-order chi connectivity index (χ0) is 18.0. The second kappa shape index (κ2) is 6.97. The van der Waals surface area contributed by atoms with Gasteiger partial charge in [0.2, 0.25) is 0 Å². The number of hydrogen-bond acceptors (Lipinski definition) is 5. The average molecular weight is 352 g/mol. The van der Waals surface area contributed by atoms with Gasteiger partial charge in [-0.15, -0.1) is 0 Å². The van der Waals surface area contributed by atoms with Crippen LogP contribution in [0.25, 0.3) is 0 Å². The van der Waals surface area contributed by atoms with Crippen molar-refractivity contribution in [3.8, 4) is 5.75 Å². The van der Waals surface area contributed by atoms with Gasteiger partial charge in [0.1, 0.15) is 17.1 Å². The molecule has 1 aromatic rings. The van der Waals surface area contributed by atoms with Crippen LogP contribution >= 0.6 is 0 Å². The number of amides is 1. The van der Waals surface area contributed by atoms with Crippen molar-refractivity contribution in [1.82, 2.24) is 9.80 Å². The van der Waals surface area contributed by atoms with Crippen LogP contribution < -0.4 is 4.74 Å². The quantitative estimate of drug-likeness (QED) is 0.865. The summed E-state index contributed by atoms with van der Waals surface area (Å²) < 4.78 is 23.9. The minimum atomic E-state index is -1.01. The van der Waals surface area contributed by atoms with Crippen LogP contribution in [0.15, 0.2) is 18.2 Å². The molecule has 0 spiro atoms. The Hall–Kier alpha value is -2.19.